The lowest BCUT2D eigenvalue weighted by molar-refractivity contribution is -0.605. The molecule has 1 fully saturated rings. The Labute approximate surface area is 237 Å². The molecule has 220 valence electrons. The average Bonchev–Trinajstić information content (AvgIpc) is 3.70. The maximum absolute atomic E-state index is 15.2. The highest BCUT2D eigenvalue weighted by Crippen LogP contribution is 2.29. The van der Waals surface area contributed by atoms with Crippen molar-refractivity contribution in [2.75, 3.05) is 18.6 Å². The van der Waals surface area contributed by atoms with Crippen LogP contribution in [0.15, 0.2) is 53.7 Å². The van der Waals surface area contributed by atoms with Gasteiger partial charge in [0, 0.05) is 30.5 Å². The van der Waals surface area contributed by atoms with Crippen LogP contribution in [-0.2, 0) is 30.2 Å². The van der Waals surface area contributed by atoms with Gasteiger partial charge in [-0.05, 0) is 50.1 Å². The molecule has 3 rings (SSSR count). The number of hydrogen-bond donors (Lipinski definition) is 1. The van der Waals surface area contributed by atoms with Crippen LogP contribution in [0.1, 0.15) is 25.3 Å². The Morgan fingerprint density at radius 3 is 2.44 bits per heavy atom. The standard InChI is InChI=1S/C26H28F2N4O7S2/c1-3-5-24(26(27,28)39-22-9-11-23(12-10-22)40(2,35)36)30-14-20(25(33)32(18-29)21-7-8-21)17-41(37,38)16-19-6-4-13-31(34)15-19/h4,6,9-13,15,20-21,24,30H,7-8,14,16-17H2,1-2H3/t20-,24-/m0/s1. The molecule has 0 radical (unpaired) electrons. The largest absolute Gasteiger partial charge is 0.619 e. The van der Waals surface area contributed by atoms with Crippen LogP contribution in [0.4, 0.5) is 8.78 Å². The number of amides is 1. The van der Waals surface area contributed by atoms with E-state index >= 15 is 8.78 Å². The summed E-state index contributed by atoms with van der Waals surface area (Å²) in [7, 11) is -7.62. The summed E-state index contributed by atoms with van der Waals surface area (Å²) in [5.74, 6) is 0.579. The minimum absolute atomic E-state index is 0.1000. The molecule has 0 bridgehead atoms. The molecular formula is C26H28F2N4O7S2. The number of nitrogens with one attached hydrogen (secondary N) is 1. The highest BCUT2D eigenvalue weighted by molar-refractivity contribution is 7.91. The lowest BCUT2D eigenvalue weighted by Crippen LogP contribution is -2.51. The smallest absolute Gasteiger partial charge is 0.425 e. The SMILES string of the molecule is CC#C[C@H](NC[C@@H](CS(=O)(=O)Cc1ccc[n+]([O-])c1)C(=O)N(C#N)C1CC1)C(F)(F)Oc1ccc(S(C)(=O)=O)cc1. The zero-order chi connectivity index (χ0) is 30.4. The van der Waals surface area contributed by atoms with Crippen molar-refractivity contribution in [3.05, 3.63) is 59.6 Å². The van der Waals surface area contributed by atoms with Gasteiger partial charge in [0.15, 0.2) is 44.3 Å². The fourth-order valence-corrected chi connectivity index (χ4v) is 6.19. The quantitative estimate of drug-likeness (QED) is 0.116. The lowest BCUT2D eigenvalue weighted by Gasteiger charge is -2.27. The van der Waals surface area contributed by atoms with E-state index in [1.54, 1.807) is 6.19 Å². The van der Waals surface area contributed by atoms with Crippen LogP contribution in [-0.4, -0.2) is 64.4 Å². The van der Waals surface area contributed by atoms with Crippen molar-refractivity contribution in [3.63, 3.8) is 0 Å². The summed E-state index contributed by atoms with van der Waals surface area (Å²) in [5.41, 5.74) is 0.164. The number of sulfone groups is 2. The van der Waals surface area contributed by atoms with E-state index in [0.717, 1.165) is 41.6 Å². The summed E-state index contributed by atoms with van der Waals surface area (Å²) in [6.07, 6.45) is 2.04. The van der Waals surface area contributed by atoms with Crippen LogP contribution < -0.4 is 14.8 Å². The minimum atomic E-state index is -4.06. The zero-order valence-corrected chi connectivity index (χ0v) is 23.8. The molecule has 1 amide bonds. The van der Waals surface area contributed by atoms with E-state index in [0.29, 0.717) is 17.6 Å². The van der Waals surface area contributed by atoms with Crippen molar-refractivity contribution >= 4 is 25.6 Å². The molecule has 1 aliphatic rings. The fourth-order valence-electron chi connectivity index (χ4n) is 3.89. The monoisotopic (exact) mass is 610 g/mol. The number of aromatic nitrogens is 1. The number of halogens is 2. The van der Waals surface area contributed by atoms with Gasteiger partial charge < -0.3 is 9.94 Å². The van der Waals surface area contributed by atoms with Crippen molar-refractivity contribution in [2.24, 2.45) is 5.92 Å². The summed E-state index contributed by atoms with van der Waals surface area (Å²) in [6.45, 7) is 0.704. The molecule has 0 saturated heterocycles. The van der Waals surface area contributed by atoms with Gasteiger partial charge in [-0.3, -0.25) is 10.1 Å². The van der Waals surface area contributed by atoms with Crippen molar-refractivity contribution < 1.29 is 39.9 Å². The first-order valence-corrected chi connectivity index (χ1v) is 16.0. The van der Waals surface area contributed by atoms with Crippen molar-refractivity contribution in [1.29, 1.82) is 5.26 Å². The molecule has 1 aromatic carbocycles. The zero-order valence-electron chi connectivity index (χ0n) is 22.2. The number of benzene rings is 1. The second kappa shape index (κ2) is 12.8. The molecule has 15 heteroatoms. The Balaban J connectivity index is 1.81. The lowest BCUT2D eigenvalue weighted by atomic mass is 10.1. The Morgan fingerprint density at radius 1 is 1.24 bits per heavy atom. The summed E-state index contributed by atoms with van der Waals surface area (Å²) in [6, 6.07) is 4.68. The molecule has 2 aromatic rings. The number of carbonyl (C=O) groups is 1. The number of pyridine rings is 1. The Kier molecular flexibility index (Phi) is 9.91. The fraction of sp³-hybridized carbons (Fsp3) is 0.423. The van der Waals surface area contributed by atoms with Gasteiger partial charge >= 0.3 is 6.11 Å². The summed E-state index contributed by atoms with van der Waals surface area (Å²) in [4.78, 5) is 14.0. The third kappa shape index (κ3) is 9.11. The molecule has 11 nitrogen and oxygen atoms in total. The van der Waals surface area contributed by atoms with Crippen LogP contribution in [0.25, 0.3) is 0 Å². The second-order valence-electron chi connectivity index (χ2n) is 9.51. The number of ether oxygens (including phenoxy) is 1. The number of carbonyl (C=O) groups excluding carboxylic acids is 1. The summed E-state index contributed by atoms with van der Waals surface area (Å²) in [5, 5.41) is 23.4. The average molecular weight is 611 g/mol. The first kappa shape index (κ1) is 31.7. The molecule has 0 aliphatic heterocycles. The topological polar surface area (TPSA) is 161 Å². The van der Waals surface area contributed by atoms with E-state index in [4.69, 9.17) is 4.74 Å². The molecule has 2 atom stereocenters. The Bertz CT molecular complexity index is 1580. The summed E-state index contributed by atoms with van der Waals surface area (Å²) < 4.78 is 84.8. The van der Waals surface area contributed by atoms with Crippen molar-refractivity contribution in [1.82, 2.24) is 10.2 Å². The molecule has 1 aliphatic carbocycles. The molecule has 41 heavy (non-hydrogen) atoms. The van der Waals surface area contributed by atoms with E-state index in [9.17, 15) is 32.1 Å². The van der Waals surface area contributed by atoms with Gasteiger partial charge in [-0.25, -0.2) is 21.7 Å². The second-order valence-corrected chi connectivity index (χ2v) is 13.6. The van der Waals surface area contributed by atoms with Crippen LogP contribution in [0, 0.1) is 34.4 Å². The van der Waals surface area contributed by atoms with Crippen LogP contribution >= 0.6 is 0 Å². The van der Waals surface area contributed by atoms with Crippen LogP contribution in [0.3, 0.4) is 0 Å². The minimum Gasteiger partial charge on any atom is -0.619 e. The van der Waals surface area contributed by atoms with E-state index < -0.39 is 67.7 Å². The van der Waals surface area contributed by atoms with Crippen LogP contribution in [0.5, 0.6) is 5.75 Å². The summed E-state index contributed by atoms with van der Waals surface area (Å²) >= 11 is 0. The van der Waals surface area contributed by atoms with Gasteiger partial charge in [0.05, 0.1) is 22.3 Å². The van der Waals surface area contributed by atoms with Crippen molar-refractivity contribution in [3.8, 4) is 23.8 Å². The van der Waals surface area contributed by atoms with Crippen molar-refractivity contribution in [2.45, 2.75) is 48.6 Å². The van der Waals surface area contributed by atoms with E-state index in [1.165, 1.54) is 25.3 Å². The van der Waals surface area contributed by atoms with E-state index in [2.05, 4.69) is 17.2 Å². The highest BCUT2D eigenvalue weighted by Gasteiger charge is 2.44. The first-order chi connectivity index (χ1) is 19.1. The maximum Gasteiger partial charge on any atom is 0.425 e. The van der Waals surface area contributed by atoms with Gasteiger partial charge in [-0.15, -0.1) is 5.92 Å². The molecule has 1 N–H and O–H groups in total. The molecule has 1 saturated carbocycles. The van der Waals surface area contributed by atoms with Crippen LogP contribution in [0.2, 0.25) is 0 Å². The number of nitrogens with zero attached hydrogens (tertiary/aromatic N) is 3. The third-order valence-corrected chi connectivity index (χ3v) is 8.80. The first-order valence-electron chi connectivity index (χ1n) is 12.3. The molecule has 1 aromatic heterocycles. The molecule has 0 spiro atoms. The van der Waals surface area contributed by atoms with E-state index in [-0.39, 0.29) is 16.2 Å². The predicted octanol–water partition coefficient (Wildman–Crippen LogP) is 1.38. The predicted molar refractivity (Wildman–Crippen MR) is 142 cm³/mol. The number of nitriles is 1. The van der Waals surface area contributed by atoms with Gasteiger partial charge in [-0.1, -0.05) is 5.92 Å². The number of rotatable bonds is 13. The Hall–Kier alpha value is -3.79. The van der Waals surface area contributed by atoms with Gasteiger partial charge in [0.2, 0.25) is 5.91 Å². The van der Waals surface area contributed by atoms with Gasteiger partial charge in [-0.2, -0.15) is 18.8 Å². The Morgan fingerprint density at radius 2 is 1.90 bits per heavy atom. The number of alkyl halides is 2. The molecular weight excluding hydrogens is 582 g/mol. The number of hydrogen-bond acceptors (Lipinski definition) is 9. The molecule has 0 unspecified atom stereocenters. The normalized spacial score (nSPS) is 15.1. The van der Waals surface area contributed by atoms with E-state index in [1.807, 2.05) is 0 Å². The van der Waals surface area contributed by atoms with Gasteiger partial charge in [0.1, 0.15) is 5.75 Å². The molecule has 1 heterocycles. The van der Waals surface area contributed by atoms with Gasteiger partial charge in [0.25, 0.3) is 0 Å². The third-order valence-electron chi connectivity index (χ3n) is 5.98. The highest BCUT2D eigenvalue weighted by atomic mass is 32.2. The maximum atomic E-state index is 15.2.